The number of methoxy groups -OCH3 is 1. The van der Waals surface area contributed by atoms with E-state index in [1.54, 1.807) is 49.4 Å². The van der Waals surface area contributed by atoms with Gasteiger partial charge >= 0.3 is 11.9 Å². The molecule has 3 aromatic rings. The molecule has 37 heavy (non-hydrogen) atoms. The molecule has 5 unspecified atom stereocenters. The van der Waals surface area contributed by atoms with Gasteiger partial charge in [-0.25, -0.2) is 4.79 Å². The van der Waals surface area contributed by atoms with Crippen molar-refractivity contribution in [2.24, 2.45) is 0 Å². The van der Waals surface area contributed by atoms with E-state index in [4.69, 9.17) is 25.8 Å². The van der Waals surface area contributed by atoms with Crippen LogP contribution in [-0.4, -0.2) is 80.7 Å². The smallest absolute Gasteiger partial charge is 0.335 e. The van der Waals surface area contributed by atoms with Crippen molar-refractivity contribution in [3.8, 4) is 5.75 Å². The molecule has 1 aromatic heterocycles. The molecule has 11 nitrogen and oxygen atoms in total. The monoisotopic (exact) mass is 533 g/mol. The minimum Gasteiger partial charge on any atom is -0.497 e. The number of halogens is 1. The molecule has 0 saturated carbocycles. The van der Waals surface area contributed by atoms with E-state index < -0.39 is 42.6 Å². The van der Waals surface area contributed by atoms with Crippen molar-refractivity contribution in [1.29, 1.82) is 0 Å². The molecule has 5 atom stereocenters. The molecular formula is C25H24ClNO10. The number of aliphatic carboxylic acids is 1. The lowest BCUT2D eigenvalue weighted by atomic mass is 9.99. The van der Waals surface area contributed by atoms with Crippen molar-refractivity contribution < 1.29 is 49.0 Å². The lowest BCUT2D eigenvalue weighted by Crippen LogP contribution is -2.60. The summed E-state index contributed by atoms with van der Waals surface area (Å²) in [5.74, 6) is -2.42. The SMILES string of the molecule is COc1ccc2c(c1)c(CC(=O)OC1OC(C(=O)O)C(O)C(O)C1O)c(C)n2C(=O)c1ccc(Cl)cc1. The number of aromatic nitrogens is 1. The molecule has 1 aliphatic rings. The van der Waals surface area contributed by atoms with Gasteiger partial charge in [-0.05, 0) is 55.0 Å². The minimum atomic E-state index is -1.92. The Hall–Kier alpha value is -3.48. The van der Waals surface area contributed by atoms with E-state index in [1.165, 1.54) is 11.7 Å². The van der Waals surface area contributed by atoms with Crippen LogP contribution in [0.3, 0.4) is 0 Å². The average molecular weight is 534 g/mol. The third kappa shape index (κ3) is 5.04. The third-order valence-electron chi connectivity index (χ3n) is 6.22. The normalized spacial score (nSPS) is 23.6. The molecule has 0 spiro atoms. The number of aliphatic hydroxyl groups is 3. The molecule has 12 heteroatoms. The van der Waals surface area contributed by atoms with Gasteiger partial charge in [0.05, 0.1) is 19.0 Å². The minimum absolute atomic E-state index is 0.361. The van der Waals surface area contributed by atoms with Crippen LogP contribution in [-0.2, 0) is 25.5 Å². The highest BCUT2D eigenvalue weighted by Gasteiger charge is 2.48. The largest absolute Gasteiger partial charge is 0.497 e. The second-order valence-electron chi connectivity index (χ2n) is 8.50. The van der Waals surface area contributed by atoms with Gasteiger partial charge in [0.1, 0.15) is 24.1 Å². The number of carboxylic acid groups (broad SMARTS) is 1. The second kappa shape index (κ2) is 10.5. The zero-order valence-electron chi connectivity index (χ0n) is 19.7. The maximum absolute atomic E-state index is 13.4. The van der Waals surface area contributed by atoms with Gasteiger partial charge in [0.25, 0.3) is 5.91 Å². The topological polar surface area (TPSA) is 165 Å². The Morgan fingerprint density at radius 3 is 2.32 bits per heavy atom. The summed E-state index contributed by atoms with van der Waals surface area (Å²) in [6, 6.07) is 11.3. The molecule has 2 heterocycles. The highest BCUT2D eigenvalue weighted by molar-refractivity contribution is 6.30. The van der Waals surface area contributed by atoms with Crippen molar-refractivity contribution in [2.75, 3.05) is 7.11 Å². The van der Waals surface area contributed by atoms with Gasteiger partial charge in [0, 0.05) is 21.7 Å². The predicted molar refractivity (Wildman–Crippen MR) is 129 cm³/mol. The second-order valence-corrected chi connectivity index (χ2v) is 8.93. The summed E-state index contributed by atoms with van der Waals surface area (Å²) < 4.78 is 16.9. The molecule has 196 valence electrons. The van der Waals surface area contributed by atoms with Crippen molar-refractivity contribution in [3.05, 3.63) is 64.3 Å². The number of nitrogens with zero attached hydrogens (tertiary/aromatic N) is 1. The fourth-order valence-corrected chi connectivity index (χ4v) is 4.39. The summed E-state index contributed by atoms with van der Waals surface area (Å²) in [6.45, 7) is 1.65. The van der Waals surface area contributed by atoms with Gasteiger partial charge in [-0.15, -0.1) is 0 Å². The Balaban J connectivity index is 1.67. The number of ether oxygens (including phenoxy) is 3. The number of rotatable bonds is 6. The average Bonchev–Trinajstić information content (AvgIpc) is 3.14. The van der Waals surface area contributed by atoms with Crippen molar-refractivity contribution in [2.45, 2.75) is 44.1 Å². The van der Waals surface area contributed by atoms with Crippen molar-refractivity contribution >= 4 is 40.3 Å². The third-order valence-corrected chi connectivity index (χ3v) is 6.47. The summed E-state index contributed by atoms with van der Waals surface area (Å²) in [7, 11) is 1.47. The lowest BCUT2D eigenvalue weighted by Gasteiger charge is -2.37. The Morgan fingerprint density at radius 1 is 1.03 bits per heavy atom. The van der Waals surface area contributed by atoms with Crippen LogP contribution in [0.1, 0.15) is 21.6 Å². The number of esters is 1. The van der Waals surface area contributed by atoms with E-state index in [0.29, 0.717) is 38.5 Å². The molecule has 0 aliphatic carbocycles. The number of carbonyl (C=O) groups excluding carboxylic acids is 2. The highest BCUT2D eigenvalue weighted by Crippen LogP contribution is 2.31. The molecule has 0 radical (unpaired) electrons. The van der Waals surface area contributed by atoms with Crippen molar-refractivity contribution in [1.82, 2.24) is 4.57 Å². The molecule has 0 amide bonds. The van der Waals surface area contributed by atoms with Gasteiger partial charge in [0.2, 0.25) is 6.29 Å². The van der Waals surface area contributed by atoms with Gasteiger partial charge < -0.3 is 34.6 Å². The molecular weight excluding hydrogens is 510 g/mol. The highest BCUT2D eigenvalue weighted by atomic mass is 35.5. The van der Waals surface area contributed by atoms with Crippen LogP contribution in [0.2, 0.25) is 5.02 Å². The first-order chi connectivity index (χ1) is 17.5. The fraction of sp³-hybridized carbons (Fsp3) is 0.320. The van der Waals surface area contributed by atoms with Gasteiger partial charge in [-0.2, -0.15) is 0 Å². The van der Waals surface area contributed by atoms with Gasteiger partial charge in [-0.3, -0.25) is 14.2 Å². The maximum atomic E-state index is 13.4. The summed E-state index contributed by atoms with van der Waals surface area (Å²) in [6.07, 6.45) is -9.87. The summed E-state index contributed by atoms with van der Waals surface area (Å²) in [5.41, 5.74) is 1.71. The van der Waals surface area contributed by atoms with E-state index in [-0.39, 0.29) is 12.3 Å². The predicted octanol–water partition coefficient (Wildman–Crippen LogP) is 1.28. The van der Waals surface area contributed by atoms with E-state index in [9.17, 15) is 34.8 Å². The van der Waals surface area contributed by atoms with E-state index in [1.807, 2.05) is 0 Å². The fourth-order valence-electron chi connectivity index (χ4n) is 4.26. The molecule has 1 saturated heterocycles. The number of hydrogen-bond acceptors (Lipinski definition) is 9. The zero-order chi connectivity index (χ0) is 27.0. The summed E-state index contributed by atoms with van der Waals surface area (Å²) in [4.78, 5) is 37.6. The number of aliphatic hydroxyl groups excluding tert-OH is 3. The van der Waals surface area contributed by atoms with Crippen LogP contribution < -0.4 is 4.74 Å². The number of carbonyl (C=O) groups is 3. The zero-order valence-corrected chi connectivity index (χ0v) is 20.5. The first kappa shape index (κ1) is 26.6. The van der Waals surface area contributed by atoms with Crippen LogP contribution in [0.25, 0.3) is 10.9 Å². The summed E-state index contributed by atoms with van der Waals surface area (Å²) >= 11 is 5.94. The van der Waals surface area contributed by atoms with Gasteiger partial charge in [-0.1, -0.05) is 11.6 Å². The van der Waals surface area contributed by atoms with Crippen LogP contribution in [0.5, 0.6) is 5.75 Å². The number of benzene rings is 2. The molecule has 1 fully saturated rings. The van der Waals surface area contributed by atoms with Crippen LogP contribution >= 0.6 is 11.6 Å². The molecule has 1 aliphatic heterocycles. The van der Waals surface area contributed by atoms with Crippen LogP contribution in [0.15, 0.2) is 42.5 Å². The first-order valence-corrected chi connectivity index (χ1v) is 11.5. The quantitative estimate of drug-likeness (QED) is 0.339. The Bertz CT molecular complexity index is 1350. The Labute approximate surface area is 215 Å². The number of carboxylic acids is 1. The summed E-state index contributed by atoms with van der Waals surface area (Å²) in [5, 5.41) is 40.1. The van der Waals surface area contributed by atoms with E-state index in [0.717, 1.165) is 0 Å². The Kier molecular flexibility index (Phi) is 7.53. The Morgan fingerprint density at radius 2 is 1.70 bits per heavy atom. The lowest BCUT2D eigenvalue weighted by molar-refractivity contribution is -0.286. The molecule has 2 aromatic carbocycles. The van der Waals surface area contributed by atoms with Crippen LogP contribution in [0.4, 0.5) is 0 Å². The number of fused-ring (bicyclic) bond motifs is 1. The van der Waals surface area contributed by atoms with E-state index in [2.05, 4.69) is 0 Å². The van der Waals surface area contributed by atoms with Gasteiger partial charge in [0.15, 0.2) is 6.10 Å². The van der Waals surface area contributed by atoms with Crippen molar-refractivity contribution in [3.63, 3.8) is 0 Å². The number of hydrogen-bond donors (Lipinski definition) is 4. The maximum Gasteiger partial charge on any atom is 0.335 e. The molecule has 4 N–H and O–H groups in total. The van der Waals surface area contributed by atoms with E-state index >= 15 is 0 Å². The molecule has 4 rings (SSSR count). The van der Waals surface area contributed by atoms with Crippen LogP contribution in [0, 0.1) is 6.92 Å². The first-order valence-electron chi connectivity index (χ1n) is 11.1. The molecule has 0 bridgehead atoms. The standard InChI is InChI=1S/C25H24ClNO10/c1-11-15(10-18(28)36-25-21(31)19(29)20(30)22(37-25)24(33)34)16-9-14(35-2)7-8-17(16)27(11)23(32)12-3-5-13(26)6-4-12/h3-9,19-22,25,29-31H,10H2,1-2H3,(H,33,34).